The monoisotopic (exact) mass is 490 g/mol. The van der Waals surface area contributed by atoms with Crippen LogP contribution < -0.4 is 10.6 Å². The van der Waals surface area contributed by atoms with Crippen molar-refractivity contribution in [1.29, 1.82) is 0 Å². The van der Waals surface area contributed by atoms with Gasteiger partial charge in [-0.25, -0.2) is 4.79 Å². The molecule has 7 nitrogen and oxygen atoms in total. The van der Waals surface area contributed by atoms with Crippen LogP contribution in [0.1, 0.15) is 47.8 Å². The Morgan fingerprint density at radius 2 is 1.88 bits per heavy atom. The summed E-state index contributed by atoms with van der Waals surface area (Å²) in [5, 5.41) is 6.60. The molecule has 1 aliphatic rings. The molecule has 1 atom stereocenters. The summed E-state index contributed by atoms with van der Waals surface area (Å²) in [4.78, 5) is 40.3. The van der Waals surface area contributed by atoms with Gasteiger partial charge in [0.1, 0.15) is 0 Å². The number of urea groups is 1. The lowest BCUT2D eigenvalue weighted by molar-refractivity contribution is -0.123. The highest BCUT2D eigenvalue weighted by atomic mass is 35.5. The lowest BCUT2D eigenvalue weighted by Gasteiger charge is -2.30. The minimum Gasteiger partial charge on any atom is -0.353 e. The second-order valence-corrected chi connectivity index (χ2v) is 8.79. The molecule has 0 saturated carbocycles. The smallest absolute Gasteiger partial charge is 0.318 e. The Morgan fingerprint density at radius 1 is 1.15 bits per heavy atom. The van der Waals surface area contributed by atoms with Gasteiger partial charge in [-0.05, 0) is 48.7 Å². The van der Waals surface area contributed by atoms with E-state index in [0.29, 0.717) is 41.8 Å². The number of carbonyl (C=O) groups excluding carboxylic acids is 3. The Labute approximate surface area is 204 Å². The highest BCUT2D eigenvalue weighted by molar-refractivity contribution is 6.42. The number of carbonyl (C=O) groups is 3. The number of hydrogen-bond acceptors (Lipinski definition) is 3. The quantitative estimate of drug-likeness (QED) is 0.608. The fourth-order valence-corrected chi connectivity index (χ4v) is 4.01. The van der Waals surface area contributed by atoms with Crippen LogP contribution in [-0.2, 0) is 11.3 Å². The van der Waals surface area contributed by atoms with Crippen molar-refractivity contribution in [2.75, 3.05) is 26.2 Å². The molecular formula is C24H28Cl2N4O3. The fraction of sp³-hybridized carbons (Fsp3) is 0.375. The summed E-state index contributed by atoms with van der Waals surface area (Å²) in [6, 6.07) is 12.1. The predicted octanol–water partition coefficient (Wildman–Crippen LogP) is 4.25. The summed E-state index contributed by atoms with van der Waals surface area (Å²) in [6.07, 6.45) is 0.810. The molecular weight excluding hydrogens is 463 g/mol. The van der Waals surface area contributed by atoms with Gasteiger partial charge in [-0.3, -0.25) is 9.59 Å². The zero-order chi connectivity index (χ0) is 24.0. The van der Waals surface area contributed by atoms with Crippen LogP contribution in [-0.4, -0.2) is 53.8 Å². The summed E-state index contributed by atoms with van der Waals surface area (Å²) < 4.78 is 0. The van der Waals surface area contributed by atoms with Crippen molar-refractivity contribution in [2.24, 2.45) is 0 Å². The van der Waals surface area contributed by atoms with Crippen molar-refractivity contribution in [3.05, 3.63) is 69.2 Å². The molecule has 0 radical (unpaired) electrons. The Kier molecular flexibility index (Phi) is 8.58. The van der Waals surface area contributed by atoms with Gasteiger partial charge in [-0.2, -0.15) is 0 Å². The third-order valence-electron chi connectivity index (χ3n) is 5.59. The Morgan fingerprint density at radius 3 is 2.52 bits per heavy atom. The van der Waals surface area contributed by atoms with E-state index >= 15 is 0 Å². The molecule has 2 N–H and O–H groups in total. The average Bonchev–Trinajstić information content (AvgIpc) is 2.82. The first kappa shape index (κ1) is 24.9. The van der Waals surface area contributed by atoms with Crippen molar-refractivity contribution in [2.45, 2.75) is 32.9 Å². The Bertz CT molecular complexity index is 1010. The number of nitrogens with one attached hydrogen (secondary N) is 2. The SMILES string of the molecule is CCCN(C(=O)NCc1ccc(C(=O)N2CCNC(=O)C2)cc1)[C@H](C)c1ccc(Cl)c(Cl)c1. The Balaban J connectivity index is 1.61. The number of hydrogen-bond donors (Lipinski definition) is 2. The van der Waals surface area contributed by atoms with Crippen LogP contribution in [0.15, 0.2) is 42.5 Å². The molecule has 1 heterocycles. The fourth-order valence-electron chi connectivity index (χ4n) is 3.70. The molecule has 176 valence electrons. The van der Waals surface area contributed by atoms with E-state index in [1.54, 1.807) is 29.2 Å². The molecule has 0 spiro atoms. The first-order valence-corrected chi connectivity index (χ1v) is 11.7. The lowest BCUT2D eigenvalue weighted by Crippen LogP contribution is -2.49. The first-order valence-electron chi connectivity index (χ1n) is 10.9. The summed E-state index contributed by atoms with van der Waals surface area (Å²) in [6.45, 7) is 5.91. The molecule has 1 aliphatic heterocycles. The summed E-state index contributed by atoms with van der Waals surface area (Å²) in [7, 11) is 0. The van der Waals surface area contributed by atoms with E-state index < -0.39 is 0 Å². The normalized spacial score (nSPS) is 14.4. The molecule has 9 heteroatoms. The van der Waals surface area contributed by atoms with E-state index in [1.807, 2.05) is 32.0 Å². The maximum Gasteiger partial charge on any atom is 0.318 e. The van der Waals surface area contributed by atoms with Gasteiger partial charge in [-0.1, -0.05) is 48.3 Å². The zero-order valence-corrected chi connectivity index (χ0v) is 20.2. The third-order valence-corrected chi connectivity index (χ3v) is 6.33. The van der Waals surface area contributed by atoms with Crippen LogP contribution in [0, 0.1) is 0 Å². The minimum absolute atomic E-state index is 0.0704. The van der Waals surface area contributed by atoms with Crippen molar-refractivity contribution in [1.82, 2.24) is 20.4 Å². The molecule has 0 bridgehead atoms. The molecule has 2 aromatic carbocycles. The molecule has 33 heavy (non-hydrogen) atoms. The van der Waals surface area contributed by atoms with Crippen molar-refractivity contribution in [3.8, 4) is 0 Å². The highest BCUT2D eigenvalue weighted by Crippen LogP contribution is 2.28. The summed E-state index contributed by atoms with van der Waals surface area (Å²) in [5.74, 6) is -0.328. The van der Waals surface area contributed by atoms with Gasteiger partial charge in [0.05, 0.1) is 22.6 Å². The van der Waals surface area contributed by atoms with Crippen molar-refractivity contribution < 1.29 is 14.4 Å². The van der Waals surface area contributed by atoms with Crippen LogP contribution in [0.5, 0.6) is 0 Å². The minimum atomic E-state index is -0.185. The molecule has 0 unspecified atom stereocenters. The topological polar surface area (TPSA) is 81.8 Å². The summed E-state index contributed by atoms with van der Waals surface area (Å²) >= 11 is 12.2. The third kappa shape index (κ3) is 6.39. The number of benzene rings is 2. The van der Waals surface area contributed by atoms with E-state index in [2.05, 4.69) is 10.6 Å². The van der Waals surface area contributed by atoms with E-state index in [4.69, 9.17) is 23.2 Å². The number of halogens is 2. The Hall–Kier alpha value is -2.77. The molecule has 0 aliphatic carbocycles. The number of rotatable bonds is 7. The van der Waals surface area contributed by atoms with Crippen LogP contribution in [0.2, 0.25) is 10.0 Å². The van der Waals surface area contributed by atoms with E-state index in [1.165, 1.54) is 4.90 Å². The van der Waals surface area contributed by atoms with Gasteiger partial charge < -0.3 is 20.4 Å². The maximum atomic E-state index is 12.9. The molecule has 0 aromatic heterocycles. The number of amides is 4. The second kappa shape index (κ2) is 11.4. The van der Waals surface area contributed by atoms with Gasteiger partial charge in [0.15, 0.2) is 0 Å². The molecule has 2 aromatic rings. The van der Waals surface area contributed by atoms with Crippen molar-refractivity contribution in [3.63, 3.8) is 0 Å². The largest absolute Gasteiger partial charge is 0.353 e. The van der Waals surface area contributed by atoms with Gasteiger partial charge in [0, 0.05) is 31.7 Å². The average molecular weight is 491 g/mol. The summed E-state index contributed by atoms with van der Waals surface area (Å²) in [5.41, 5.74) is 2.29. The van der Waals surface area contributed by atoms with Gasteiger partial charge in [0.2, 0.25) is 5.91 Å². The molecule has 4 amide bonds. The van der Waals surface area contributed by atoms with Crippen LogP contribution >= 0.6 is 23.2 Å². The standard InChI is InChI=1S/C24H28Cl2N4O3/c1-3-11-30(16(2)19-8-9-20(25)21(26)13-19)24(33)28-14-17-4-6-18(7-5-17)23(32)29-12-10-27-22(31)15-29/h4-9,13,16H,3,10-12,14-15H2,1-2H3,(H,27,31)(H,28,33)/t16-/m1/s1. The molecule has 3 rings (SSSR count). The van der Waals surface area contributed by atoms with Crippen LogP contribution in [0.25, 0.3) is 0 Å². The van der Waals surface area contributed by atoms with E-state index in [-0.39, 0.29) is 30.4 Å². The second-order valence-electron chi connectivity index (χ2n) is 7.98. The van der Waals surface area contributed by atoms with E-state index in [9.17, 15) is 14.4 Å². The number of piperazine rings is 1. The van der Waals surface area contributed by atoms with Crippen molar-refractivity contribution >= 4 is 41.0 Å². The lowest BCUT2D eigenvalue weighted by atomic mass is 10.1. The molecule has 1 fully saturated rings. The number of nitrogens with zero attached hydrogens (tertiary/aromatic N) is 2. The van der Waals surface area contributed by atoms with Gasteiger partial charge >= 0.3 is 6.03 Å². The van der Waals surface area contributed by atoms with Crippen LogP contribution in [0.3, 0.4) is 0 Å². The maximum absolute atomic E-state index is 12.9. The van der Waals surface area contributed by atoms with Crippen LogP contribution in [0.4, 0.5) is 4.79 Å². The molecule has 1 saturated heterocycles. The van der Waals surface area contributed by atoms with Gasteiger partial charge in [-0.15, -0.1) is 0 Å². The van der Waals surface area contributed by atoms with E-state index in [0.717, 1.165) is 17.5 Å². The zero-order valence-electron chi connectivity index (χ0n) is 18.7. The predicted molar refractivity (Wildman–Crippen MR) is 129 cm³/mol. The highest BCUT2D eigenvalue weighted by Gasteiger charge is 2.23. The van der Waals surface area contributed by atoms with Gasteiger partial charge in [0.25, 0.3) is 5.91 Å². The first-order chi connectivity index (χ1) is 15.8.